The topological polar surface area (TPSA) is 93.9 Å². The smallest absolute Gasteiger partial charge is 0.343 e. The Morgan fingerprint density at radius 1 is 1.29 bits per heavy atom. The first kappa shape index (κ1) is 22.3. The van der Waals surface area contributed by atoms with E-state index < -0.39 is 11.6 Å². The molecule has 4 heterocycles. The molecule has 2 aromatic heterocycles. The van der Waals surface area contributed by atoms with Gasteiger partial charge in [-0.3, -0.25) is 4.79 Å². The van der Waals surface area contributed by atoms with Crippen LogP contribution in [0.2, 0.25) is 0 Å². The molecule has 1 atom stereocenters. The second-order valence-corrected chi connectivity index (χ2v) is 9.03. The average molecular weight is 462 g/mol. The van der Waals surface area contributed by atoms with Gasteiger partial charge in [-0.25, -0.2) is 9.78 Å². The molecule has 2 aliphatic heterocycles. The minimum Gasteiger partial charge on any atom is -0.465 e. The highest BCUT2D eigenvalue weighted by molar-refractivity contribution is 5.89. The number of esters is 1. The number of benzene rings is 1. The van der Waals surface area contributed by atoms with Gasteiger partial charge in [0.15, 0.2) is 5.60 Å². The van der Waals surface area contributed by atoms with E-state index >= 15 is 0 Å². The number of fused-ring (bicyclic) bond motifs is 5. The van der Waals surface area contributed by atoms with Gasteiger partial charge in [-0.05, 0) is 51.7 Å². The highest BCUT2D eigenvalue weighted by atomic mass is 16.6. The summed E-state index contributed by atoms with van der Waals surface area (Å²) in [5, 5.41) is 12.0. The molecule has 8 nitrogen and oxygen atoms in total. The van der Waals surface area contributed by atoms with Crippen molar-refractivity contribution in [2.45, 2.75) is 45.6 Å². The molecule has 0 unspecified atom stereocenters. The van der Waals surface area contributed by atoms with Gasteiger partial charge in [0.2, 0.25) is 0 Å². The molecule has 1 N–H and O–H groups in total. The van der Waals surface area contributed by atoms with Crippen LogP contribution < -0.4 is 10.3 Å². The molecule has 1 aromatic carbocycles. The normalized spacial score (nSPS) is 18.8. The van der Waals surface area contributed by atoms with Gasteiger partial charge < -0.3 is 24.0 Å². The number of aliphatic hydroxyl groups is 1. The molecule has 0 saturated carbocycles. The van der Waals surface area contributed by atoms with E-state index in [1.807, 2.05) is 39.2 Å². The Labute approximate surface area is 197 Å². The fourth-order valence-electron chi connectivity index (χ4n) is 4.82. The molecule has 34 heavy (non-hydrogen) atoms. The van der Waals surface area contributed by atoms with E-state index in [4.69, 9.17) is 14.5 Å². The van der Waals surface area contributed by atoms with E-state index in [2.05, 4.69) is 11.0 Å². The summed E-state index contributed by atoms with van der Waals surface area (Å²) in [6, 6.07) is 7.61. The Balaban J connectivity index is 1.72. The van der Waals surface area contributed by atoms with Crippen molar-refractivity contribution in [1.29, 1.82) is 0 Å². The van der Waals surface area contributed by atoms with Crippen LogP contribution in [0.1, 0.15) is 42.5 Å². The van der Waals surface area contributed by atoms with Crippen LogP contribution in [0.4, 0.5) is 0 Å². The first-order valence-electron chi connectivity index (χ1n) is 11.3. The van der Waals surface area contributed by atoms with Crippen molar-refractivity contribution in [2.75, 3.05) is 14.1 Å². The van der Waals surface area contributed by atoms with Crippen LogP contribution in [-0.2, 0) is 34.8 Å². The number of aromatic nitrogens is 2. The molecular weight excluding hydrogens is 434 g/mol. The molecule has 2 aliphatic rings. The van der Waals surface area contributed by atoms with Crippen LogP contribution in [0.5, 0.6) is 5.75 Å². The van der Waals surface area contributed by atoms with Crippen molar-refractivity contribution in [1.82, 2.24) is 14.5 Å². The predicted molar refractivity (Wildman–Crippen MR) is 127 cm³/mol. The average Bonchev–Trinajstić information content (AvgIpc) is 3.18. The van der Waals surface area contributed by atoms with Crippen molar-refractivity contribution >= 4 is 16.9 Å². The number of hydrogen-bond acceptors (Lipinski definition) is 7. The molecule has 3 aromatic rings. The zero-order valence-corrected chi connectivity index (χ0v) is 19.7. The summed E-state index contributed by atoms with van der Waals surface area (Å²) in [6.07, 6.45) is 3.60. The lowest BCUT2D eigenvalue weighted by atomic mass is 9.86. The van der Waals surface area contributed by atoms with Gasteiger partial charge in [0.1, 0.15) is 12.4 Å². The molecule has 176 valence electrons. The van der Waals surface area contributed by atoms with Crippen LogP contribution in [0.3, 0.4) is 0 Å². The second kappa shape index (κ2) is 8.07. The lowest BCUT2D eigenvalue weighted by Gasteiger charge is -2.31. The Bertz CT molecular complexity index is 1420. The summed E-state index contributed by atoms with van der Waals surface area (Å²) in [7, 11) is 3.99. The summed E-state index contributed by atoms with van der Waals surface area (Å²) in [6.45, 7) is 4.48. The Hall–Kier alpha value is -3.49. The van der Waals surface area contributed by atoms with E-state index in [0.717, 1.165) is 27.8 Å². The number of ether oxygens (including phenoxy) is 2. The zero-order chi connectivity index (χ0) is 24.2. The van der Waals surface area contributed by atoms with Crippen LogP contribution in [0.15, 0.2) is 41.4 Å². The van der Waals surface area contributed by atoms with Gasteiger partial charge >= 0.3 is 5.97 Å². The van der Waals surface area contributed by atoms with Crippen molar-refractivity contribution in [3.05, 3.63) is 69.2 Å². The van der Waals surface area contributed by atoms with Crippen LogP contribution >= 0.6 is 0 Å². The van der Waals surface area contributed by atoms with Gasteiger partial charge in [0.25, 0.3) is 5.56 Å². The molecule has 0 amide bonds. The number of allylic oxidation sites excluding steroid dienone is 1. The van der Waals surface area contributed by atoms with Gasteiger partial charge in [0.05, 0.1) is 35.3 Å². The van der Waals surface area contributed by atoms with E-state index in [0.29, 0.717) is 35.6 Å². The van der Waals surface area contributed by atoms with E-state index in [9.17, 15) is 14.7 Å². The maximum atomic E-state index is 13.4. The Morgan fingerprint density at radius 2 is 2.09 bits per heavy atom. The third-order valence-corrected chi connectivity index (χ3v) is 6.57. The summed E-state index contributed by atoms with van der Waals surface area (Å²) >= 11 is 0. The highest BCUT2D eigenvalue weighted by Gasteiger charge is 2.45. The summed E-state index contributed by atoms with van der Waals surface area (Å²) in [5.41, 5.74) is 2.53. The second-order valence-electron chi connectivity index (χ2n) is 9.03. The highest BCUT2D eigenvalue weighted by Crippen LogP contribution is 2.39. The number of carbonyl (C=O) groups is 1. The maximum Gasteiger partial charge on any atom is 0.343 e. The molecule has 0 bridgehead atoms. The number of nitrogens with zero attached hydrogens (tertiary/aromatic N) is 3. The number of rotatable bonds is 5. The van der Waals surface area contributed by atoms with Gasteiger partial charge in [-0.15, -0.1) is 0 Å². The summed E-state index contributed by atoms with van der Waals surface area (Å²) in [5.74, 6) is 0.0337. The van der Waals surface area contributed by atoms with Crippen molar-refractivity contribution < 1.29 is 19.4 Å². The summed E-state index contributed by atoms with van der Waals surface area (Å²) < 4.78 is 12.6. The summed E-state index contributed by atoms with van der Waals surface area (Å²) in [4.78, 5) is 32.7. The lowest BCUT2D eigenvalue weighted by molar-refractivity contribution is -0.172. The quantitative estimate of drug-likeness (QED) is 0.361. The van der Waals surface area contributed by atoms with Crippen molar-refractivity contribution in [3.8, 4) is 17.1 Å². The third-order valence-electron chi connectivity index (χ3n) is 6.57. The molecule has 0 radical (unpaired) electrons. The standard InChI is InChI=1S/C26H27N3O5/c1-5-9-33-22-8-7-20-16(17(22)13-28(3)4)10-15-12-29-21(23(15)27-20)11-19-18(24(29)30)14-34-25(31)26(19,32)6-2/h5,7-11,32H,6,12-14H2,1-4H3/t26-/m0/s1. The van der Waals surface area contributed by atoms with Gasteiger partial charge in [-0.1, -0.05) is 13.0 Å². The van der Waals surface area contributed by atoms with Crippen LogP contribution in [0, 0.1) is 0 Å². The van der Waals surface area contributed by atoms with Crippen LogP contribution in [0.25, 0.3) is 22.3 Å². The Morgan fingerprint density at radius 3 is 2.79 bits per heavy atom. The van der Waals surface area contributed by atoms with Crippen molar-refractivity contribution in [2.24, 2.45) is 0 Å². The SMILES string of the molecule is CC=COc1ccc2nc3c(cc2c1CN(C)C)Cn1c-3cc2c(c1=O)COC(=O)[C@]2(O)CC. The molecule has 0 spiro atoms. The molecule has 0 fully saturated rings. The van der Waals surface area contributed by atoms with E-state index in [-0.39, 0.29) is 18.6 Å². The number of hydrogen-bond donors (Lipinski definition) is 1. The molecule has 0 aliphatic carbocycles. The number of carbonyl (C=O) groups excluding carboxylic acids is 1. The van der Waals surface area contributed by atoms with Crippen molar-refractivity contribution in [3.63, 3.8) is 0 Å². The molecule has 8 heteroatoms. The molecular formula is C26H27N3O5. The Kier molecular flexibility index (Phi) is 5.30. The van der Waals surface area contributed by atoms with Crippen LogP contribution in [-0.4, -0.2) is 39.6 Å². The predicted octanol–water partition coefficient (Wildman–Crippen LogP) is 3.05. The van der Waals surface area contributed by atoms with Gasteiger partial charge in [-0.2, -0.15) is 0 Å². The zero-order valence-electron chi connectivity index (χ0n) is 19.7. The maximum absolute atomic E-state index is 13.4. The number of cyclic esters (lactones) is 1. The fraction of sp³-hybridized carbons (Fsp3) is 0.346. The largest absolute Gasteiger partial charge is 0.465 e. The number of pyridine rings is 2. The first-order valence-corrected chi connectivity index (χ1v) is 11.3. The first-order chi connectivity index (χ1) is 16.3. The molecule has 5 rings (SSSR count). The third kappa shape index (κ3) is 3.25. The monoisotopic (exact) mass is 461 g/mol. The fourth-order valence-corrected chi connectivity index (χ4v) is 4.82. The minimum atomic E-state index is -1.83. The minimum absolute atomic E-state index is 0.114. The molecule has 0 saturated heterocycles. The van der Waals surface area contributed by atoms with E-state index in [1.165, 1.54) is 0 Å². The lowest BCUT2D eigenvalue weighted by Crippen LogP contribution is -2.44. The van der Waals surface area contributed by atoms with E-state index in [1.54, 1.807) is 23.8 Å². The van der Waals surface area contributed by atoms with Gasteiger partial charge in [0, 0.05) is 28.6 Å².